The van der Waals surface area contributed by atoms with Crippen LogP contribution in [0.3, 0.4) is 0 Å². The number of aliphatic carboxylic acids is 1. The fourth-order valence-corrected chi connectivity index (χ4v) is 2.35. The Labute approximate surface area is 144 Å². The highest BCUT2D eigenvalue weighted by Gasteiger charge is 2.29. The van der Waals surface area contributed by atoms with Gasteiger partial charge in [-0.15, -0.1) is 0 Å². The number of carbonyl (C=O) groups excluding carboxylic acids is 1. The number of hydrogen-bond acceptors (Lipinski definition) is 2. The predicted octanol–water partition coefficient (Wildman–Crippen LogP) is 4.21. The van der Waals surface area contributed by atoms with Crippen molar-refractivity contribution in [3.05, 3.63) is 64.5 Å². The van der Waals surface area contributed by atoms with Crippen LogP contribution in [0, 0.1) is 29.1 Å². The molecule has 1 amide bonds. The predicted molar refractivity (Wildman–Crippen MR) is 81.3 cm³/mol. The van der Waals surface area contributed by atoms with Gasteiger partial charge in [0.05, 0.1) is 5.92 Å². The van der Waals surface area contributed by atoms with Crippen molar-refractivity contribution < 1.29 is 36.6 Å². The second-order valence-electron chi connectivity index (χ2n) is 5.32. The maximum Gasteiger partial charge on any atom is 0.310 e. The number of nitrogens with one attached hydrogen (secondary N) is 1. The highest BCUT2D eigenvalue weighted by molar-refractivity contribution is 6.04. The Hall–Kier alpha value is -2.97. The van der Waals surface area contributed by atoms with Crippen LogP contribution >= 0.6 is 0 Å². The van der Waals surface area contributed by atoms with Gasteiger partial charge in [0, 0.05) is 5.69 Å². The standard InChI is InChI=1S/C17H12F5NO3/c1-2-9(17(25)26)7-3-5-8(6-4-7)23-16(24)10-11(18)13(20)15(22)14(21)12(10)19/h3-6,9H,2H2,1H3,(H,23,24)(H,25,26). The van der Waals surface area contributed by atoms with Crippen molar-refractivity contribution in [3.8, 4) is 0 Å². The summed E-state index contributed by atoms with van der Waals surface area (Å²) in [4.78, 5) is 23.0. The molecule has 9 heteroatoms. The Kier molecular flexibility index (Phi) is 5.59. The Balaban J connectivity index is 2.30. The molecule has 0 aliphatic carbocycles. The first kappa shape index (κ1) is 19.4. The van der Waals surface area contributed by atoms with E-state index in [4.69, 9.17) is 5.11 Å². The molecule has 1 atom stereocenters. The van der Waals surface area contributed by atoms with E-state index in [0.29, 0.717) is 12.0 Å². The van der Waals surface area contributed by atoms with E-state index < -0.39 is 52.4 Å². The summed E-state index contributed by atoms with van der Waals surface area (Å²) in [5, 5.41) is 11.1. The maximum absolute atomic E-state index is 13.6. The number of amides is 1. The summed E-state index contributed by atoms with van der Waals surface area (Å²) in [7, 11) is 0. The molecule has 0 fully saturated rings. The highest BCUT2D eigenvalue weighted by atomic mass is 19.2. The zero-order valence-corrected chi connectivity index (χ0v) is 13.2. The van der Waals surface area contributed by atoms with E-state index in [2.05, 4.69) is 0 Å². The molecule has 0 aliphatic heterocycles. The molecular formula is C17H12F5NO3. The fraction of sp³-hybridized carbons (Fsp3) is 0.176. The fourth-order valence-electron chi connectivity index (χ4n) is 2.35. The first-order chi connectivity index (χ1) is 12.2. The van der Waals surface area contributed by atoms with Crippen molar-refractivity contribution in [2.75, 3.05) is 5.32 Å². The summed E-state index contributed by atoms with van der Waals surface area (Å²) in [6.07, 6.45) is 0.311. The smallest absolute Gasteiger partial charge is 0.310 e. The molecule has 2 aromatic carbocycles. The molecular weight excluding hydrogens is 361 g/mol. The van der Waals surface area contributed by atoms with Crippen LogP contribution < -0.4 is 5.32 Å². The second kappa shape index (κ2) is 7.51. The van der Waals surface area contributed by atoms with E-state index in [-0.39, 0.29) is 5.69 Å². The van der Waals surface area contributed by atoms with Gasteiger partial charge in [-0.3, -0.25) is 9.59 Å². The van der Waals surface area contributed by atoms with Gasteiger partial charge in [-0.05, 0) is 24.1 Å². The molecule has 1 unspecified atom stereocenters. The maximum atomic E-state index is 13.6. The van der Waals surface area contributed by atoms with Gasteiger partial charge in [0.25, 0.3) is 5.91 Å². The number of carboxylic acid groups (broad SMARTS) is 1. The van der Waals surface area contributed by atoms with Gasteiger partial charge >= 0.3 is 5.97 Å². The van der Waals surface area contributed by atoms with Crippen LogP contribution in [0.1, 0.15) is 35.2 Å². The molecule has 138 valence electrons. The first-order valence-electron chi connectivity index (χ1n) is 7.34. The number of carboxylic acids is 1. The topological polar surface area (TPSA) is 66.4 Å². The minimum atomic E-state index is -2.36. The van der Waals surface area contributed by atoms with Crippen LogP contribution in [0.5, 0.6) is 0 Å². The lowest BCUT2D eigenvalue weighted by Crippen LogP contribution is -2.19. The molecule has 0 spiro atoms. The number of carbonyl (C=O) groups is 2. The third kappa shape index (κ3) is 3.51. The molecule has 0 saturated heterocycles. The first-order valence-corrected chi connectivity index (χ1v) is 7.34. The largest absolute Gasteiger partial charge is 0.481 e. The van der Waals surface area contributed by atoms with Crippen LogP contribution in [0.25, 0.3) is 0 Å². The van der Waals surface area contributed by atoms with E-state index >= 15 is 0 Å². The molecule has 2 rings (SSSR count). The van der Waals surface area contributed by atoms with Crippen molar-refractivity contribution >= 4 is 17.6 Å². The van der Waals surface area contributed by atoms with Gasteiger partial charge in [-0.1, -0.05) is 19.1 Å². The van der Waals surface area contributed by atoms with E-state index in [0.717, 1.165) is 0 Å². The highest BCUT2D eigenvalue weighted by Crippen LogP contribution is 2.25. The molecule has 4 nitrogen and oxygen atoms in total. The number of benzene rings is 2. The SMILES string of the molecule is CCC(C(=O)O)c1ccc(NC(=O)c2c(F)c(F)c(F)c(F)c2F)cc1. The molecule has 26 heavy (non-hydrogen) atoms. The Bertz CT molecular complexity index is 839. The zero-order chi connectivity index (χ0) is 19.6. The molecule has 0 radical (unpaired) electrons. The number of halogens is 5. The van der Waals surface area contributed by atoms with Gasteiger partial charge in [0.1, 0.15) is 5.56 Å². The quantitative estimate of drug-likeness (QED) is 0.469. The molecule has 0 heterocycles. The molecule has 0 bridgehead atoms. The number of anilines is 1. The molecule has 2 aromatic rings. The van der Waals surface area contributed by atoms with E-state index in [1.54, 1.807) is 6.92 Å². The molecule has 0 aromatic heterocycles. The average molecular weight is 373 g/mol. The van der Waals surface area contributed by atoms with Gasteiger partial charge in [-0.2, -0.15) is 0 Å². The van der Waals surface area contributed by atoms with Crippen molar-refractivity contribution in [1.82, 2.24) is 0 Å². The molecule has 0 aliphatic rings. The lowest BCUT2D eigenvalue weighted by atomic mass is 9.96. The Morgan fingerprint density at radius 1 is 0.923 bits per heavy atom. The van der Waals surface area contributed by atoms with Gasteiger partial charge in [0.15, 0.2) is 23.3 Å². The van der Waals surface area contributed by atoms with Gasteiger partial charge < -0.3 is 10.4 Å². The molecule has 0 saturated carbocycles. The lowest BCUT2D eigenvalue weighted by molar-refractivity contribution is -0.138. The minimum Gasteiger partial charge on any atom is -0.481 e. The summed E-state index contributed by atoms with van der Waals surface area (Å²) in [5.74, 6) is -14.7. The third-order valence-corrected chi connectivity index (χ3v) is 3.71. The monoisotopic (exact) mass is 373 g/mol. The van der Waals surface area contributed by atoms with Crippen LogP contribution in [-0.4, -0.2) is 17.0 Å². The van der Waals surface area contributed by atoms with E-state index in [1.807, 2.05) is 5.32 Å². The summed E-state index contributed by atoms with van der Waals surface area (Å²) < 4.78 is 66.5. The van der Waals surface area contributed by atoms with Crippen molar-refractivity contribution in [3.63, 3.8) is 0 Å². The summed E-state index contributed by atoms with van der Waals surface area (Å²) >= 11 is 0. The second-order valence-corrected chi connectivity index (χ2v) is 5.32. The number of rotatable bonds is 5. The van der Waals surface area contributed by atoms with Crippen LogP contribution in [0.15, 0.2) is 24.3 Å². The van der Waals surface area contributed by atoms with Crippen molar-refractivity contribution in [2.24, 2.45) is 0 Å². The van der Waals surface area contributed by atoms with E-state index in [1.165, 1.54) is 24.3 Å². The van der Waals surface area contributed by atoms with E-state index in [9.17, 15) is 31.5 Å². The number of hydrogen-bond donors (Lipinski definition) is 2. The van der Waals surface area contributed by atoms with Gasteiger partial charge in [-0.25, -0.2) is 22.0 Å². The lowest BCUT2D eigenvalue weighted by Gasteiger charge is -2.12. The van der Waals surface area contributed by atoms with Crippen molar-refractivity contribution in [1.29, 1.82) is 0 Å². The zero-order valence-electron chi connectivity index (χ0n) is 13.2. The van der Waals surface area contributed by atoms with Crippen LogP contribution in [-0.2, 0) is 4.79 Å². The summed E-state index contributed by atoms with van der Waals surface area (Å²) in [5.41, 5.74) is -1.19. The summed E-state index contributed by atoms with van der Waals surface area (Å²) in [6, 6.07) is 5.25. The minimum absolute atomic E-state index is 0.0112. The van der Waals surface area contributed by atoms with Crippen LogP contribution in [0.2, 0.25) is 0 Å². The summed E-state index contributed by atoms with van der Waals surface area (Å²) in [6.45, 7) is 1.66. The van der Waals surface area contributed by atoms with Gasteiger partial charge in [0.2, 0.25) is 5.82 Å². The Morgan fingerprint density at radius 3 is 1.81 bits per heavy atom. The van der Waals surface area contributed by atoms with Crippen LogP contribution in [0.4, 0.5) is 27.6 Å². The third-order valence-electron chi connectivity index (χ3n) is 3.71. The average Bonchev–Trinajstić information content (AvgIpc) is 2.60. The Morgan fingerprint density at radius 2 is 1.38 bits per heavy atom. The van der Waals surface area contributed by atoms with Crippen molar-refractivity contribution in [2.45, 2.75) is 19.3 Å². The normalized spacial score (nSPS) is 11.9. The molecule has 2 N–H and O–H groups in total.